The summed E-state index contributed by atoms with van der Waals surface area (Å²) in [4.78, 5) is 0. The molecule has 0 fully saturated rings. The monoisotopic (exact) mass is 546 g/mol. The van der Waals surface area contributed by atoms with Gasteiger partial charge in [-0.05, 0) is 36.5 Å². The topological polar surface area (TPSA) is 18.5 Å². The Bertz CT molecular complexity index is 414. The average Bonchev–Trinajstić information content (AvgIpc) is 2.80. The van der Waals surface area contributed by atoms with Gasteiger partial charge in [-0.3, -0.25) is 0 Å². The molecule has 0 aliphatic heterocycles. The van der Waals surface area contributed by atoms with E-state index in [2.05, 4.69) is 63.1 Å². The van der Waals surface area contributed by atoms with Crippen LogP contribution in [0.1, 0.15) is 157 Å². The van der Waals surface area contributed by atoms with Gasteiger partial charge >= 0.3 is 0 Å². The highest BCUT2D eigenvalue weighted by Crippen LogP contribution is 2.47. The quantitative estimate of drug-likeness (QED) is 0.0836. The van der Waals surface area contributed by atoms with E-state index in [-0.39, 0.29) is 0 Å². The maximum atomic E-state index is 5.15. The van der Waals surface area contributed by atoms with E-state index in [9.17, 15) is 0 Å². The van der Waals surface area contributed by atoms with Crippen LogP contribution in [0.2, 0.25) is 0 Å². The fourth-order valence-electron chi connectivity index (χ4n) is 4.66. The summed E-state index contributed by atoms with van der Waals surface area (Å²) in [5.74, 6) is 0. The van der Waals surface area contributed by atoms with Gasteiger partial charge in [0.2, 0.25) is 0 Å². The molecule has 0 aromatic heterocycles. The van der Waals surface area contributed by atoms with Crippen LogP contribution in [-0.2, 0) is 9.47 Å². The Balaban J connectivity index is 4.18. The van der Waals surface area contributed by atoms with E-state index in [1.165, 1.54) is 116 Å². The molecule has 0 aliphatic rings. The Morgan fingerprint density at radius 2 is 0.667 bits per heavy atom. The third kappa shape index (κ3) is 22.6. The maximum Gasteiger partial charge on any atom is 0.0462 e. The van der Waals surface area contributed by atoms with Gasteiger partial charge in [0.15, 0.2) is 0 Å². The van der Waals surface area contributed by atoms with Crippen LogP contribution < -0.4 is 0 Å². The van der Waals surface area contributed by atoms with Gasteiger partial charge in [0.25, 0.3) is 0 Å². The molecule has 0 aromatic carbocycles. The maximum absolute atomic E-state index is 5.15. The zero-order chi connectivity index (χ0) is 27.1. The molecule has 2 nitrogen and oxygen atoms in total. The summed E-state index contributed by atoms with van der Waals surface area (Å²) in [6.07, 6.45) is 24.7. The van der Waals surface area contributed by atoms with Crippen molar-refractivity contribution in [2.75, 3.05) is 27.4 Å². The molecule has 218 valence electrons. The van der Waals surface area contributed by atoms with Gasteiger partial charge in [-0.1, -0.05) is 153 Å². The van der Waals surface area contributed by atoms with E-state index >= 15 is 0 Å². The minimum atomic E-state index is 0.380. The number of hydrogen-bond acceptors (Lipinski definition) is 4. The van der Waals surface area contributed by atoms with E-state index in [1.54, 1.807) is 14.2 Å². The van der Waals surface area contributed by atoms with Crippen LogP contribution in [0.25, 0.3) is 0 Å². The summed E-state index contributed by atoms with van der Waals surface area (Å²) >= 11 is 0. The predicted octanol–water partition coefficient (Wildman–Crippen LogP) is 11.5. The zero-order valence-electron chi connectivity index (χ0n) is 25.9. The van der Waals surface area contributed by atoms with Gasteiger partial charge in [0, 0.05) is 37.9 Å². The minimum absolute atomic E-state index is 0.380. The van der Waals surface area contributed by atoms with Crippen LogP contribution in [0.3, 0.4) is 0 Å². The van der Waals surface area contributed by atoms with Crippen LogP contribution in [0.15, 0.2) is 0 Å². The molecule has 0 aliphatic carbocycles. The lowest BCUT2D eigenvalue weighted by atomic mass is 9.88. The third-order valence-corrected chi connectivity index (χ3v) is 11.5. The molecule has 0 saturated carbocycles. The minimum Gasteiger partial charge on any atom is -0.385 e. The molecule has 0 aromatic rings. The van der Waals surface area contributed by atoms with E-state index in [4.69, 9.17) is 9.47 Å². The van der Waals surface area contributed by atoms with Crippen LogP contribution in [0.4, 0.5) is 0 Å². The number of methoxy groups -OCH3 is 2. The van der Waals surface area contributed by atoms with Crippen LogP contribution in [0.5, 0.6) is 0 Å². The first-order valence-corrected chi connectivity index (χ1v) is 17.7. The fraction of sp³-hybridized carbons (Fsp3) is 1.00. The molecule has 36 heavy (non-hydrogen) atoms. The van der Waals surface area contributed by atoms with Crippen molar-refractivity contribution in [3.05, 3.63) is 0 Å². The Labute approximate surface area is 236 Å². The first-order chi connectivity index (χ1) is 17.1. The van der Waals surface area contributed by atoms with Gasteiger partial charge in [0.05, 0.1) is 0 Å². The van der Waals surface area contributed by atoms with Gasteiger partial charge < -0.3 is 9.47 Å². The van der Waals surface area contributed by atoms with Crippen molar-refractivity contribution in [1.82, 2.24) is 0 Å². The fourth-order valence-corrected chi connectivity index (χ4v) is 9.14. The molecule has 0 saturated heterocycles. The average molecular weight is 547 g/mol. The SMILES string of the molecule is COCCCCCCCCCCC(SSC(CCCCCCCCCCOC)C(C)(C)C)C(C)(C)C. The molecule has 0 bridgehead atoms. The van der Waals surface area contributed by atoms with E-state index in [0.717, 1.165) is 23.7 Å². The highest BCUT2D eigenvalue weighted by atomic mass is 33.1. The second kappa shape index (κ2) is 23.5. The molecule has 0 spiro atoms. The lowest BCUT2D eigenvalue weighted by Crippen LogP contribution is -2.26. The summed E-state index contributed by atoms with van der Waals surface area (Å²) in [6.45, 7) is 16.6. The lowest BCUT2D eigenvalue weighted by Gasteiger charge is -2.35. The van der Waals surface area contributed by atoms with Crippen molar-refractivity contribution in [2.45, 2.75) is 168 Å². The van der Waals surface area contributed by atoms with Crippen LogP contribution >= 0.6 is 21.6 Å². The van der Waals surface area contributed by atoms with Gasteiger partial charge in [-0.15, -0.1) is 0 Å². The zero-order valence-corrected chi connectivity index (χ0v) is 27.6. The van der Waals surface area contributed by atoms with E-state index in [0.29, 0.717) is 10.8 Å². The smallest absolute Gasteiger partial charge is 0.0462 e. The summed E-state index contributed by atoms with van der Waals surface area (Å²) in [5, 5.41) is 1.50. The summed E-state index contributed by atoms with van der Waals surface area (Å²) < 4.78 is 10.3. The highest BCUT2D eigenvalue weighted by Gasteiger charge is 2.30. The number of ether oxygens (including phenoxy) is 2. The Kier molecular flexibility index (Phi) is 23.9. The summed E-state index contributed by atoms with van der Waals surface area (Å²) in [5.41, 5.74) is 0.759. The van der Waals surface area contributed by atoms with Gasteiger partial charge in [-0.2, -0.15) is 0 Å². The molecular formula is C32H66O2S2. The third-order valence-electron chi connectivity index (χ3n) is 7.35. The summed E-state index contributed by atoms with van der Waals surface area (Å²) in [7, 11) is 8.05. The molecule has 0 amide bonds. The molecule has 0 rings (SSSR count). The predicted molar refractivity (Wildman–Crippen MR) is 169 cm³/mol. The van der Waals surface area contributed by atoms with Crippen molar-refractivity contribution < 1.29 is 9.47 Å². The molecule has 0 heterocycles. The van der Waals surface area contributed by atoms with Crippen molar-refractivity contribution in [3.8, 4) is 0 Å². The van der Waals surface area contributed by atoms with E-state index < -0.39 is 0 Å². The van der Waals surface area contributed by atoms with Crippen LogP contribution in [0, 0.1) is 10.8 Å². The largest absolute Gasteiger partial charge is 0.385 e. The molecule has 2 unspecified atom stereocenters. The van der Waals surface area contributed by atoms with Crippen LogP contribution in [-0.4, -0.2) is 37.9 Å². The number of rotatable bonds is 25. The van der Waals surface area contributed by atoms with Crippen molar-refractivity contribution in [1.29, 1.82) is 0 Å². The van der Waals surface area contributed by atoms with Gasteiger partial charge in [-0.25, -0.2) is 0 Å². The van der Waals surface area contributed by atoms with Gasteiger partial charge in [0.1, 0.15) is 0 Å². The molecule has 4 heteroatoms. The standard InChI is InChI=1S/C32H66O2S2/c1-31(2,3)29(25-21-17-13-9-11-15-19-23-27-33-7)35-36-30(32(4,5)6)26-22-18-14-10-12-16-20-24-28-34-8/h29-30H,9-28H2,1-8H3. The molecular weight excluding hydrogens is 480 g/mol. The van der Waals surface area contributed by atoms with Crippen molar-refractivity contribution in [2.24, 2.45) is 10.8 Å². The molecule has 0 N–H and O–H groups in total. The Hall–Kier alpha value is 0.620. The second-order valence-electron chi connectivity index (χ2n) is 13.1. The number of unbranched alkanes of at least 4 members (excludes halogenated alkanes) is 14. The Morgan fingerprint density at radius 3 is 0.917 bits per heavy atom. The summed E-state index contributed by atoms with van der Waals surface area (Å²) in [6, 6.07) is 0. The highest BCUT2D eigenvalue weighted by molar-refractivity contribution is 8.77. The Morgan fingerprint density at radius 1 is 0.417 bits per heavy atom. The normalized spacial score (nSPS) is 14.3. The molecule has 0 radical (unpaired) electrons. The lowest BCUT2D eigenvalue weighted by molar-refractivity contribution is 0.192. The molecule has 2 atom stereocenters. The number of hydrogen-bond donors (Lipinski definition) is 0. The first kappa shape index (κ1) is 36.6. The van der Waals surface area contributed by atoms with Crippen molar-refractivity contribution in [3.63, 3.8) is 0 Å². The van der Waals surface area contributed by atoms with E-state index in [1.807, 2.05) is 0 Å². The van der Waals surface area contributed by atoms with Crippen molar-refractivity contribution >= 4 is 21.6 Å². The second-order valence-corrected chi connectivity index (χ2v) is 15.8. The first-order valence-electron chi connectivity index (χ1n) is 15.4.